The molecule has 3 heterocycles. The van der Waals surface area contributed by atoms with Gasteiger partial charge in [0.05, 0.1) is 31.0 Å². The van der Waals surface area contributed by atoms with Crippen molar-refractivity contribution in [2.45, 2.75) is 25.8 Å². The number of aromatic nitrogens is 5. The van der Waals surface area contributed by atoms with Crippen molar-refractivity contribution >= 4 is 11.6 Å². The Bertz CT molecular complexity index is 1310. The summed E-state index contributed by atoms with van der Waals surface area (Å²) in [6, 6.07) is 9.83. The summed E-state index contributed by atoms with van der Waals surface area (Å²) in [5.74, 6) is 0.102. The van der Waals surface area contributed by atoms with Crippen LogP contribution in [0.15, 0.2) is 55.1 Å². The van der Waals surface area contributed by atoms with Crippen LogP contribution in [0.5, 0.6) is 5.75 Å². The number of rotatable bonds is 4. The molecule has 0 radical (unpaired) electrons. The molecular formula is C23H21FN6O2. The molecule has 5 rings (SSSR count). The van der Waals surface area contributed by atoms with Gasteiger partial charge in [-0.3, -0.25) is 4.79 Å². The highest BCUT2D eigenvalue weighted by Gasteiger charge is 2.27. The first kappa shape index (κ1) is 19.9. The maximum Gasteiger partial charge on any atom is 0.249 e. The summed E-state index contributed by atoms with van der Waals surface area (Å²) in [7, 11) is 1.61. The highest BCUT2D eigenvalue weighted by Crippen LogP contribution is 2.31. The van der Waals surface area contributed by atoms with E-state index in [0.29, 0.717) is 35.5 Å². The van der Waals surface area contributed by atoms with E-state index in [-0.39, 0.29) is 11.7 Å². The molecule has 0 aliphatic carbocycles. The Hall–Kier alpha value is -4.01. The predicted molar refractivity (Wildman–Crippen MR) is 116 cm³/mol. The zero-order valence-corrected chi connectivity index (χ0v) is 17.6. The molecule has 1 amide bonds. The molecule has 32 heavy (non-hydrogen) atoms. The van der Waals surface area contributed by atoms with Gasteiger partial charge in [0.1, 0.15) is 23.3 Å². The Balaban J connectivity index is 1.43. The lowest BCUT2D eigenvalue weighted by molar-refractivity contribution is -0.119. The first-order chi connectivity index (χ1) is 15.5. The summed E-state index contributed by atoms with van der Waals surface area (Å²) in [5.41, 5.74) is 4.19. The minimum absolute atomic E-state index is 0.241. The van der Waals surface area contributed by atoms with Crippen molar-refractivity contribution in [2.24, 2.45) is 0 Å². The number of nitrogens with one attached hydrogen (secondary N) is 1. The quantitative estimate of drug-likeness (QED) is 0.531. The van der Waals surface area contributed by atoms with Crippen LogP contribution >= 0.6 is 0 Å². The predicted octanol–water partition coefficient (Wildman–Crippen LogP) is 3.71. The van der Waals surface area contributed by atoms with Gasteiger partial charge in [-0.25, -0.2) is 14.1 Å². The number of amides is 1. The van der Waals surface area contributed by atoms with E-state index in [9.17, 15) is 9.18 Å². The number of anilines is 1. The molecule has 1 aliphatic heterocycles. The smallest absolute Gasteiger partial charge is 0.249 e. The van der Waals surface area contributed by atoms with Gasteiger partial charge in [0.15, 0.2) is 0 Å². The molecule has 2 aromatic heterocycles. The second-order valence-corrected chi connectivity index (χ2v) is 7.70. The molecule has 1 aliphatic rings. The van der Waals surface area contributed by atoms with Crippen molar-refractivity contribution in [2.75, 3.05) is 12.4 Å². The lowest BCUT2D eigenvalue weighted by atomic mass is 10.1. The molecule has 0 bridgehead atoms. The number of carbonyl (C=O) groups is 1. The fourth-order valence-corrected chi connectivity index (χ4v) is 3.97. The summed E-state index contributed by atoms with van der Waals surface area (Å²) < 4.78 is 23.2. The number of imidazole rings is 1. The lowest BCUT2D eigenvalue weighted by Crippen LogP contribution is -2.25. The SMILES string of the molecule is COc1cc(-c2cn(C3CCc4c(F)cccc4NC3=O)nn2)ccc1-n1cnc(C)c1. The van der Waals surface area contributed by atoms with E-state index >= 15 is 0 Å². The molecule has 8 nitrogen and oxygen atoms in total. The van der Waals surface area contributed by atoms with E-state index in [2.05, 4.69) is 20.6 Å². The van der Waals surface area contributed by atoms with Crippen LogP contribution in [0.4, 0.5) is 10.1 Å². The van der Waals surface area contributed by atoms with Crippen LogP contribution in [0.3, 0.4) is 0 Å². The molecule has 2 aromatic carbocycles. The molecule has 0 saturated heterocycles. The average Bonchev–Trinajstić information content (AvgIpc) is 3.41. The number of benzene rings is 2. The van der Waals surface area contributed by atoms with Gasteiger partial charge in [0.25, 0.3) is 0 Å². The van der Waals surface area contributed by atoms with Crippen LogP contribution in [0.1, 0.15) is 23.7 Å². The largest absolute Gasteiger partial charge is 0.495 e. The number of methoxy groups -OCH3 is 1. The van der Waals surface area contributed by atoms with Gasteiger partial charge in [0.2, 0.25) is 5.91 Å². The maximum absolute atomic E-state index is 14.2. The molecule has 0 spiro atoms. The highest BCUT2D eigenvalue weighted by molar-refractivity contribution is 5.95. The summed E-state index contributed by atoms with van der Waals surface area (Å²) in [5, 5.41) is 11.3. The van der Waals surface area contributed by atoms with Gasteiger partial charge in [-0.05, 0) is 44.0 Å². The summed E-state index contributed by atoms with van der Waals surface area (Å²) in [4.78, 5) is 17.0. The Labute approximate surface area is 183 Å². The van der Waals surface area contributed by atoms with Crippen molar-refractivity contribution in [3.63, 3.8) is 0 Å². The van der Waals surface area contributed by atoms with Gasteiger partial charge >= 0.3 is 0 Å². The average molecular weight is 432 g/mol. The zero-order chi connectivity index (χ0) is 22.2. The standard InChI is InChI=1S/C23H21FN6O2/c1-14-11-29(13-25-14)20-8-6-15(10-22(20)32-2)19-12-30(28-27-19)21-9-7-16-17(24)4-3-5-18(16)26-23(21)31/h3-6,8,10-13,21H,7,9H2,1-2H3,(H,26,31). The molecule has 1 N–H and O–H groups in total. The second-order valence-electron chi connectivity index (χ2n) is 7.70. The van der Waals surface area contributed by atoms with Crippen LogP contribution in [0.2, 0.25) is 0 Å². The van der Waals surface area contributed by atoms with E-state index in [1.165, 1.54) is 10.7 Å². The first-order valence-electron chi connectivity index (χ1n) is 10.2. The summed E-state index contributed by atoms with van der Waals surface area (Å²) >= 11 is 0. The number of ether oxygens (including phenoxy) is 1. The number of halogens is 1. The molecule has 9 heteroatoms. The number of fused-ring (bicyclic) bond motifs is 1. The third kappa shape index (κ3) is 3.51. The molecule has 0 fully saturated rings. The molecule has 1 atom stereocenters. The molecule has 162 valence electrons. The summed E-state index contributed by atoms with van der Waals surface area (Å²) in [6.45, 7) is 1.92. The van der Waals surface area contributed by atoms with E-state index in [0.717, 1.165) is 16.9 Å². The zero-order valence-electron chi connectivity index (χ0n) is 17.6. The van der Waals surface area contributed by atoms with E-state index in [1.54, 1.807) is 31.8 Å². The molecule has 1 unspecified atom stereocenters. The van der Waals surface area contributed by atoms with Crippen LogP contribution in [-0.4, -0.2) is 37.6 Å². The van der Waals surface area contributed by atoms with Gasteiger partial charge in [-0.2, -0.15) is 0 Å². The molecular weight excluding hydrogens is 411 g/mol. The van der Waals surface area contributed by atoms with Crippen LogP contribution in [-0.2, 0) is 11.2 Å². The third-order valence-corrected chi connectivity index (χ3v) is 5.64. The van der Waals surface area contributed by atoms with Gasteiger partial charge in [-0.15, -0.1) is 5.10 Å². The van der Waals surface area contributed by atoms with Crippen LogP contribution in [0.25, 0.3) is 16.9 Å². The fraction of sp³-hybridized carbons (Fsp3) is 0.217. The number of nitrogens with zero attached hydrogens (tertiary/aromatic N) is 5. The number of aryl methyl sites for hydroxylation is 1. The second kappa shape index (κ2) is 7.92. The minimum atomic E-state index is -0.585. The van der Waals surface area contributed by atoms with Crippen molar-refractivity contribution in [1.82, 2.24) is 24.5 Å². The van der Waals surface area contributed by atoms with Gasteiger partial charge < -0.3 is 14.6 Å². The molecule has 4 aromatic rings. The highest BCUT2D eigenvalue weighted by atomic mass is 19.1. The van der Waals surface area contributed by atoms with Crippen molar-refractivity contribution < 1.29 is 13.9 Å². The maximum atomic E-state index is 14.2. The topological polar surface area (TPSA) is 86.9 Å². The van der Waals surface area contributed by atoms with Crippen LogP contribution in [0, 0.1) is 12.7 Å². The van der Waals surface area contributed by atoms with Gasteiger partial charge in [-0.1, -0.05) is 17.3 Å². The number of hydrogen-bond acceptors (Lipinski definition) is 5. The fourth-order valence-electron chi connectivity index (χ4n) is 3.97. The van der Waals surface area contributed by atoms with E-state index < -0.39 is 6.04 Å². The van der Waals surface area contributed by atoms with Crippen molar-refractivity contribution in [1.29, 1.82) is 0 Å². The van der Waals surface area contributed by atoms with Crippen molar-refractivity contribution in [3.05, 3.63) is 72.2 Å². The van der Waals surface area contributed by atoms with E-state index in [4.69, 9.17) is 4.74 Å². The van der Waals surface area contributed by atoms with Crippen molar-refractivity contribution in [3.8, 4) is 22.7 Å². The molecule has 0 saturated carbocycles. The Kier molecular flexibility index (Phi) is 4.93. The first-order valence-corrected chi connectivity index (χ1v) is 10.2. The lowest BCUT2D eigenvalue weighted by Gasteiger charge is -2.12. The summed E-state index contributed by atoms with van der Waals surface area (Å²) in [6.07, 6.45) is 6.22. The Morgan fingerprint density at radius 1 is 1.22 bits per heavy atom. The number of carbonyl (C=O) groups excluding carboxylic acids is 1. The monoisotopic (exact) mass is 432 g/mol. The third-order valence-electron chi connectivity index (χ3n) is 5.64. The normalized spacial score (nSPS) is 15.7. The minimum Gasteiger partial charge on any atom is -0.495 e. The Morgan fingerprint density at radius 2 is 2.09 bits per heavy atom. The van der Waals surface area contributed by atoms with Gasteiger partial charge in [0, 0.05) is 23.0 Å². The van der Waals surface area contributed by atoms with Crippen LogP contribution < -0.4 is 10.1 Å². The Morgan fingerprint density at radius 3 is 2.88 bits per heavy atom. The van der Waals surface area contributed by atoms with E-state index in [1.807, 2.05) is 35.9 Å². The number of hydrogen-bond donors (Lipinski definition) is 1.